The number of rotatable bonds is 13. The number of carbonyl (C=O) groups excluding carboxylic acids is 1. The molecule has 1 rings (SSSR count). The van der Waals surface area contributed by atoms with Gasteiger partial charge in [-0.2, -0.15) is 0 Å². The molecule has 1 aliphatic carbocycles. The van der Waals surface area contributed by atoms with Gasteiger partial charge in [-0.3, -0.25) is 10.1 Å². The molecule has 1 unspecified atom stereocenters. The Morgan fingerprint density at radius 3 is 2.29 bits per heavy atom. The molecule has 1 atom stereocenters. The Balaban J connectivity index is 2.08. The Labute approximate surface area is 128 Å². The van der Waals surface area contributed by atoms with E-state index in [4.69, 9.17) is 14.2 Å². The zero-order chi connectivity index (χ0) is 15.6. The zero-order valence-corrected chi connectivity index (χ0v) is 13.8. The first kappa shape index (κ1) is 18.4. The minimum atomic E-state index is -0.586. The summed E-state index contributed by atoms with van der Waals surface area (Å²) >= 11 is 0. The van der Waals surface area contributed by atoms with Gasteiger partial charge in [0.15, 0.2) is 0 Å². The van der Waals surface area contributed by atoms with E-state index in [1.165, 1.54) is 7.11 Å². The summed E-state index contributed by atoms with van der Waals surface area (Å²) in [4.78, 5) is 11.9. The van der Waals surface area contributed by atoms with Crippen LogP contribution in [0.25, 0.3) is 0 Å². The molecule has 124 valence electrons. The summed E-state index contributed by atoms with van der Waals surface area (Å²) in [6, 6.07) is 0.474. The highest BCUT2D eigenvalue weighted by atomic mass is 16.5. The van der Waals surface area contributed by atoms with Gasteiger partial charge in [0.2, 0.25) is 0 Å². The minimum Gasteiger partial charge on any atom is -0.468 e. The van der Waals surface area contributed by atoms with E-state index < -0.39 is 5.54 Å². The third-order valence-electron chi connectivity index (χ3n) is 3.72. The van der Waals surface area contributed by atoms with Crippen molar-refractivity contribution >= 4 is 5.97 Å². The quantitative estimate of drug-likeness (QED) is 0.418. The Bertz CT molecular complexity index is 294. The van der Waals surface area contributed by atoms with Crippen molar-refractivity contribution in [3.8, 4) is 0 Å². The number of unbranched alkanes of at least 4 members (excludes halogenated alkanes) is 1. The Morgan fingerprint density at radius 2 is 1.76 bits per heavy atom. The number of esters is 1. The maximum atomic E-state index is 11.9. The van der Waals surface area contributed by atoms with Crippen LogP contribution < -0.4 is 5.32 Å². The van der Waals surface area contributed by atoms with Crippen LogP contribution in [0.1, 0.15) is 52.4 Å². The van der Waals surface area contributed by atoms with Crippen molar-refractivity contribution in [2.45, 2.75) is 64.0 Å². The molecule has 0 heterocycles. The fraction of sp³-hybridized carbons (Fsp3) is 0.938. The van der Waals surface area contributed by atoms with E-state index in [2.05, 4.69) is 12.2 Å². The van der Waals surface area contributed by atoms with Gasteiger partial charge in [-0.15, -0.1) is 0 Å². The molecule has 0 radical (unpaired) electrons. The summed E-state index contributed by atoms with van der Waals surface area (Å²) in [5.41, 5.74) is -0.586. The lowest BCUT2D eigenvalue weighted by Crippen LogP contribution is -2.51. The van der Waals surface area contributed by atoms with Crippen molar-refractivity contribution in [3.05, 3.63) is 0 Å². The average molecular weight is 301 g/mol. The fourth-order valence-electron chi connectivity index (χ4n) is 2.23. The highest BCUT2D eigenvalue weighted by Crippen LogP contribution is 2.25. The van der Waals surface area contributed by atoms with Gasteiger partial charge in [-0.1, -0.05) is 13.3 Å². The third-order valence-corrected chi connectivity index (χ3v) is 3.72. The van der Waals surface area contributed by atoms with Gasteiger partial charge in [0.25, 0.3) is 0 Å². The third kappa shape index (κ3) is 7.79. The molecule has 5 nitrogen and oxygen atoms in total. The topological polar surface area (TPSA) is 56.8 Å². The lowest BCUT2D eigenvalue weighted by atomic mass is 9.96. The first-order valence-electron chi connectivity index (χ1n) is 8.14. The van der Waals surface area contributed by atoms with E-state index >= 15 is 0 Å². The van der Waals surface area contributed by atoms with Crippen molar-refractivity contribution in [1.29, 1.82) is 0 Å². The molecular formula is C16H31NO4. The molecule has 0 aromatic rings. The molecule has 21 heavy (non-hydrogen) atoms. The predicted molar refractivity (Wildman–Crippen MR) is 82.4 cm³/mol. The van der Waals surface area contributed by atoms with Crippen molar-refractivity contribution < 1.29 is 19.0 Å². The molecule has 5 heteroatoms. The van der Waals surface area contributed by atoms with Crippen LogP contribution >= 0.6 is 0 Å². The average Bonchev–Trinajstić information content (AvgIpc) is 3.28. The lowest BCUT2D eigenvalue weighted by molar-refractivity contribution is -0.148. The summed E-state index contributed by atoms with van der Waals surface area (Å²) in [5.74, 6) is -0.183. The normalized spacial score (nSPS) is 17.5. The molecule has 0 amide bonds. The highest BCUT2D eigenvalue weighted by molar-refractivity contribution is 5.80. The van der Waals surface area contributed by atoms with Crippen LogP contribution in [-0.2, 0) is 19.0 Å². The van der Waals surface area contributed by atoms with Crippen LogP contribution in [-0.4, -0.2) is 51.1 Å². The minimum absolute atomic E-state index is 0.183. The van der Waals surface area contributed by atoms with Gasteiger partial charge in [-0.05, 0) is 39.0 Å². The lowest BCUT2D eigenvalue weighted by Gasteiger charge is -2.28. The summed E-state index contributed by atoms with van der Waals surface area (Å²) in [5, 5.41) is 3.39. The van der Waals surface area contributed by atoms with Gasteiger partial charge in [0, 0.05) is 19.3 Å². The first-order valence-corrected chi connectivity index (χ1v) is 8.14. The van der Waals surface area contributed by atoms with E-state index in [1.54, 1.807) is 0 Å². The Kier molecular flexibility index (Phi) is 8.88. The molecule has 1 saturated carbocycles. The molecule has 0 saturated heterocycles. The molecule has 1 aliphatic rings. The second kappa shape index (κ2) is 10.1. The predicted octanol–water partition coefficient (Wildman–Crippen LogP) is 2.28. The smallest absolute Gasteiger partial charge is 0.325 e. The molecule has 0 bridgehead atoms. The Morgan fingerprint density at radius 1 is 1.14 bits per heavy atom. The van der Waals surface area contributed by atoms with Crippen molar-refractivity contribution in [2.24, 2.45) is 0 Å². The molecule has 0 spiro atoms. The zero-order valence-electron chi connectivity index (χ0n) is 13.8. The summed E-state index contributed by atoms with van der Waals surface area (Å²) in [6.07, 6.45) is 6.12. The number of hydrogen-bond donors (Lipinski definition) is 1. The fourth-order valence-corrected chi connectivity index (χ4v) is 2.23. The molecule has 0 aromatic heterocycles. The standard InChI is InChI=1S/C16H31NO4/c1-4-5-10-20-12-13-21-11-6-9-16(2,15(18)19-3)17-14-7-8-14/h14,17H,4-13H2,1-3H3. The molecule has 0 aliphatic heterocycles. The molecular weight excluding hydrogens is 270 g/mol. The van der Waals surface area contributed by atoms with Crippen LogP contribution in [0.2, 0.25) is 0 Å². The summed E-state index contributed by atoms with van der Waals surface area (Å²) < 4.78 is 15.9. The maximum Gasteiger partial charge on any atom is 0.325 e. The van der Waals surface area contributed by atoms with E-state index in [-0.39, 0.29) is 5.97 Å². The van der Waals surface area contributed by atoms with Gasteiger partial charge in [0.05, 0.1) is 20.3 Å². The largest absolute Gasteiger partial charge is 0.468 e. The van der Waals surface area contributed by atoms with Crippen molar-refractivity contribution in [1.82, 2.24) is 5.32 Å². The second-order valence-electron chi connectivity index (χ2n) is 5.92. The van der Waals surface area contributed by atoms with Crippen LogP contribution in [0.15, 0.2) is 0 Å². The van der Waals surface area contributed by atoms with Gasteiger partial charge >= 0.3 is 5.97 Å². The second-order valence-corrected chi connectivity index (χ2v) is 5.92. The van der Waals surface area contributed by atoms with Gasteiger partial charge < -0.3 is 14.2 Å². The number of hydrogen-bond acceptors (Lipinski definition) is 5. The maximum absolute atomic E-state index is 11.9. The van der Waals surface area contributed by atoms with E-state index in [0.29, 0.717) is 25.9 Å². The van der Waals surface area contributed by atoms with Crippen LogP contribution in [0.3, 0.4) is 0 Å². The summed E-state index contributed by atoms with van der Waals surface area (Å²) in [6.45, 7) is 6.80. The summed E-state index contributed by atoms with van der Waals surface area (Å²) in [7, 11) is 1.44. The van der Waals surface area contributed by atoms with E-state index in [9.17, 15) is 4.79 Å². The molecule has 1 fully saturated rings. The SMILES string of the molecule is CCCCOCCOCCCC(C)(NC1CC1)C(=O)OC. The van der Waals surface area contributed by atoms with Gasteiger partial charge in [0.1, 0.15) is 5.54 Å². The number of carbonyl (C=O) groups is 1. The van der Waals surface area contributed by atoms with Crippen LogP contribution in [0.4, 0.5) is 0 Å². The number of nitrogens with one attached hydrogen (secondary N) is 1. The van der Waals surface area contributed by atoms with E-state index in [0.717, 1.165) is 45.1 Å². The van der Waals surface area contributed by atoms with E-state index in [1.807, 2.05) is 6.92 Å². The molecule has 0 aromatic carbocycles. The molecule has 1 N–H and O–H groups in total. The van der Waals surface area contributed by atoms with Crippen LogP contribution in [0.5, 0.6) is 0 Å². The Hall–Kier alpha value is -0.650. The first-order chi connectivity index (χ1) is 10.1. The monoisotopic (exact) mass is 301 g/mol. The van der Waals surface area contributed by atoms with Gasteiger partial charge in [-0.25, -0.2) is 0 Å². The van der Waals surface area contributed by atoms with Crippen molar-refractivity contribution in [2.75, 3.05) is 33.5 Å². The number of methoxy groups -OCH3 is 1. The van der Waals surface area contributed by atoms with Crippen LogP contribution in [0, 0.1) is 0 Å². The van der Waals surface area contributed by atoms with Crippen molar-refractivity contribution in [3.63, 3.8) is 0 Å². The number of ether oxygens (including phenoxy) is 3. The highest BCUT2D eigenvalue weighted by Gasteiger charge is 2.38.